The van der Waals surface area contributed by atoms with Crippen LogP contribution in [0, 0.1) is 0 Å². The molecule has 0 radical (unpaired) electrons. The number of rotatable bonds is 3. The minimum atomic E-state index is 0.0137. The minimum Gasteiger partial charge on any atom is -0.345 e. The van der Waals surface area contributed by atoms with E-state index in [9.17, 15) is 4.79 Å². The van der Waals surface area contributed by atoms with Gasteiger partial charge in [-0.05, 0) is 36.1 Å². The number of carbonyl (C=O) groups excluding carboxylic acids is 1. The lowest BCUT2D eigenvalue weighted by Gasteiger charge is -2.19. The van der Waals surface area contributed by atoms with E-state index in [4.69, 9.17) is 0 Å². The Bertz CT molecular complexity index is 1040. The van der Waals surface area contributed by atoms with Crippen LogP contribution in [0.1, 0.15) is 28.8 Å². The number of nitrogens with zero attached hydrogens (tertiary/aromatic N) is 4. The Morgan fingerprint density at radius 1 is 1.00 bits per heavy atom. The standard InChI is InChI=1S/C23H22N4O/c1-26(2)21(28)17-8-9-19-20(12-17)27(15-23(19)10-11-23)22-24-13-18(14-25-22)16-6-4-3-5-7-16/h3-9,12-14H,10-11,15H2,1-2H3. The van der Waals surface area contributed by atoms with E-state index in [-0.39, 0.29) is 11.3 Å². The molecule has 1 spiro atoms. The Morgan fingerprint density at radius 3 is 2.36 bits per heavy atom. The molecule has 0 unspecified atom stereocenters. The average molecular weight is 370 g/mol. The van der Waals surface area contributed by atoms with Crippen molar-refractivity contribution < 1.29 is 4.79 Å². The highest BCUT2D eigenvalue weighted by atomic mass is 16.2. The van der Waals surface area contributed by atoms with Gasteiger partial charge in [-0.15, -0.1) is 0 Å². The molecule has 5 rings (SSSR count). The van der Waals surface area contributed by atoms with Crippen LogP contribution in [0.4, 0.5) is 11.6 Å². The van der Waals surface area contributed by atoms with Gasteiger partial charge in [0, 0.05) is 55.3 Å². The summed E-state index contributed by atoms with van der Waals surface area (Å²) in [6, 6.07) is 16.2. The highest BCUT2D eigenvalue weighted by Gasteiger charge is 2.52. The smallest absolute Gasteiger partial charge is 0.253 e. The van der Waals surface area contributed by atoms with Crippen molar-refractivity contribution >= 4 is 17.5 Å². The zero-order chi connectivity index (χ0) is 19.3. The molecular formula is C23H22N4O. The summed E-state index contributed by atoms with van der Waals surface area (Å²) >= 11 is 0. The van der Waals surface area contributed by atoms with E-state index in [2.05, 4.69) is 33.1 Å². The molecule has 1 amide bonds. The van der Waals surface area contributed by atoms with Crippen molar-refractivity contribution in [2.24, 2.45) is 0 Å². The van der Waals surface area contributed by atoms with Crippen molar-refractivity contribution in [3.05, 3.63) is 72.1 Å². The molecule has 1 aliphatic heterocycles. The number of hydrogen-bond donors (Lipinski definition) is 0. The Kier molecular flexibility index (Phi) is 3.72. The molecule has 0 bridgehead atoms. The first-order valence-corrected chi connectivity index (χ1v) is 9.59. The maximum absolute atomic E-state index is 12.4. The summed E-state index contributed by atoms with van der Waals surface area (Å²) in [6.45, 7) is 0.882. The number of hydrogen-bond acceptors (Lipinski definition) is 4. The minimum absolute atomic E-state index is 0.0137. The summed E-state index contributed by atoms with van der Waals surface area (Å²) in [5, 5.41) is 0. The quantitative estimate of drug-likeness (QED) is 0.698. The third-order valence-electron chi connectivity index (χ3n) is 5.81. The van der Waals surface area contributed by atoms with Gasteiger partial charge in [-0.1, -0.05) is 36.4 Å². The number of fused-ring (bicyclic) bond motifs is 2. The van der Waals surface area contributed by atoms with Crippen molar-refractivity contribution in [3.63, 3.8) is 0 Å². The SMILES string of the molecule is CN(C)C(=O)c1ccc2c(c1)N(c1ncc(-c3ccccc3)cn1)CC21CC1. The molecular weight excluding hydrogens is 348 g/mol. The van der Waals surface area contributed by atoms with Crippen LogP contribution in [0.5, 0.6) is 0 Å². The van der Waals surface area contributed by atoms with Crippen molar-refractivity contribution in [1.82, 2.24) is 14.9 Å². The molecule has 1 fully saturated rings. The summed E-state index contributed by atoms with van der Waals surface area (Å²) < 4.78 is 0. The predicted molar refractivity (Wildman–Crippen MR) is 110 cm³/mol. The van der Waals surface area contributed by atoms with Crippen LogP contribution in [0.3, 0.4) is 0 Å². The van der Waals surface area contributed by atoms with E-state index in [1.54, 1.807) is 19.0 Å². The van der Waals surface area contributed by atoms with Crippen LogP contribution in [0.2, 0.25) is 0 Å². The third kappa shape index (κ3) is 2.66. The fraction of sp³-hybridized carbons (Fsp3) is 0.261. The van der Waals surface area contributed by atoms with Gasteiger partial charge in [-0.2, -0.15) is 0 Å². The normalized spacial score (nSPS) is 16.1. The van der Waals surface area contributed by atoms with Gasteiger partial charge in [-0.3, -0.25) is 4.79 Å². The van der Waals surface area contributed by atoms with Crippen LogP contribution >= 0.6 is 0 Å². The van der Waals surface area contributed by atoms with E-state index in [1.807, 2.05) is 42.7 Å². The Hall–Kier alpha value is -3.21. The van der Waals surface area contributed by atoms with Crippen molar-refractivity contribution in [3.8, 4) is 11.1 Å². The zero-order valence-electron chi connectivity index (χ0n) is 16.1. The van der Waals surface area contributed by atoms with Crippen LogP contribution in [0.25, 0.3) is 11.1 Å². The number of amides is 1. The van der Waals surface area contributed by atoms with Gasteiger partial charge in [0.1, 0.15) is 0 Å². The summed E-state index contributed by atoms with van der Waals surface area (Å²) in [5.74, 6) is 0.707. The fourth-order valence-corrected chi connectivity index (χ4v) is 4.06. The molecule has 5 nitrogen and oxygen atoms in total. The van der Waals surface area contributed by atoms with Crippen molar-refractivity contribution in [1.29, 1.82) is 0 Å². The van der Waals surface area contributed by atoms with E-state index >= 15 is 0 Å². The second-order valence-electron chi connectivity index (χ2n) is 7.94. The number of anilines is 2. The number of carbonyl (C=O) groups is 1. The molecule has 1 aromatic heterocycles. The summed E-state index contributed by atoms with van der Waals surface area (Å²) in [6.07, 6.45) is 6.12. The molecule has 140 valence electrons. The first-order valence-electron chi connectivity index (χ1n) is 9.59. The molecule has 0 N–H and O–H groups in total. The molecule has 1 saturated carbocycles. The van der Waals surface area contributed by atoms with Gasteiger partial charge in [0.05, 0.1) is 0 Å². The van der Waals surface area contributed by atoms with Crippen LogP contribution in [-0.4, -0.2) is 41.4 Å². The van der Waals surface area contributed by atoms with E-state index < -0.39 is 0 Å². The Balaban J connectivity index is 1.52. The molecule has 3 aromatic rings. The summed E-state index contributed by atoms with van der Waals surface area (Å²) in [7, 11) is 3.56. The van der Waals surface area contributed by atoms with Gasteiger partial charge in [-0.25, -0.2) is 9.97 Å². The number of aromatic nitrogens is 2. The first kappa shape index (κ1) is 16.9. The van der Waals surface area contributed by atoms with E-state index in [0.29, 0.717) is 11.5 Å². The molecule has 2 aromatic carbocycles. The van der Waals surface area contributed by atoms with Gasteiger partial charge < -0.3 is 9.80 Å². The van der Waals surface area contributed by atoms with E-state index in [1.165, 1.54) is 18.4 Å². The molecule has 0 atom stereocenters. The molecule has 1 aliphatic carbocycles. The highest BCUT2D eigenvalue weighted by Crippen LogP contribution is 2.57. The highest BCUT2D eigenvalue weighted by molar-refractivity contribution is 5.95. The second-order valence-corrected chi connectivity index (χ2v) is 7.94. The van der Waals surface area contributed by atoms with Crippen molar-refractivity contribution in [2.45, 2.75) is 18.3 Å². The Morgan fingerprint density at radius 2 is 1.71 bits per heavy atom. The van der Waals surface area contributed by atoms with Crippen LogP contribution in [0.15, 0.2) is 60.9 Å². The van der Waals surface area contributed by atoms with Gasteiger partial charge in [0.2, 0.25) is 5.95 Å². The topological polar surface area (TPSA) is 49.3 Å². The Labute approximate surface area is 164 Å². The fourth-order valence-electron chi connectivity index (χ4n) is 4.06. The van der Waals surface area contributed by atoms with Crippen LogP contribution in [-0.2, 0) is 5.41 Å². The van der Waals surface area contributed by atoms with Crippen molar-refractivity contribution in [2.75, 3.05) is 25.5 Å². The van der Waals surface area contributed by atoms with Gasteiger partial charge >= 0.3 is 0 Å². The maximum Gasteiger partial charge on any atom is 0.253 e. The largest absolute Gasteiger partial charge is 0.345 e. The van der Waals surface area contributed by atoms with Gasteiger partial charge in [0.15, 0.2) is 0 Å². The summed E-state index contributed by atoms with van der Waals surface area (Å²) in [5.41, 5.74) is 5.40. The first-order chi connectivity index (χ1) is 13.6. The van der Waals surface area contributed by atoms with E-state index in [0.717, 1.165) is 23.4 Å². The zero-order valence-corrected chi connectivity index (χ0v) is 16.1. The molecule has 2 aliphatic rings. The third-order valence-corrected chi connectivity index (χ3v) is 5.81. The second kappa shape index (κ2) is 6.16. The summed E-state index contributed by atoms with van der Waals surface area (Å²) in [4.78, 5) is 25.5. The monoisotopic (exact) mass is 370 g/mol. The molecule has 2 heterocycles. The predicted octanol–water partition coefficient (Wildman–Crippen LogP) is 4.03. The lowest BCUT2D eigenvalue weighted by Crippen LogP contribution is -2.22. The molecule has 28 heavy (non-hydrogen) atoms. The molecule has 5 heteroatoms. The maximum atomic E-state index is 12.4. The lowest BCUT2D eigenvalue weighted by atomic mass is 9.97. The lowest BCUT2D eigenvalue weighted by molar-refractivity contribution is 0.0827. The van der Waals surface area contributed by atoms with Gasteiger partial charge in [0.25, 0.3) is 5.91 Å². The molecule has 0 saturated heterocycles. The number of benzene rings is 2. The average Bonchev–Trinajstić information content (AvgIpc) is 3.45. The van der Waals surface area contributed by atoms with Crippen LogP contribution < -0.4 is 4.90 Å².